The van der Waals surface area contributed by atoms with E-state index in [0.717, 1.165) is 0 Å². The first kappa shape index (κ1) is 12.0. The van der Waals surface area contributed by atoms with Gasteiger partial charge in [-0.1, -0.05) is 0 Å². The highest BCUT2D eigenvalue weighted by Crippen LogP contribution is 2.25. The summed E-state index contributed by atoms with van der Waals surface area (Å²) in [5.41, 5.74) is 1.27. The van der Waals surface area contributed by atoms with Crippen molar-refractivity contribution in [2.75, 3.05) is 25.5 Å². The van der Waals surface area contributed by atoms with Gasteiger partial charge in [0.15, 0.2) is 0 Å². The Kier molecular flexibility index (Phi) is 3.52. The van der Waals surface area contributed by atoms with Crippen molar-refractivity contribution in [3.8, 4) is 0 Å². The zero-order chi connectivity index (χ0) is 12.4. The summed E-state index contributed by atoms with van der Waals surface area (Å²) in [6.07, 6.45) is 3.83. The zero-order valence-corrected chi connectivity index (χ0v) is 11.7. The van der Waals surface area contributed by atoms with Crippen molar-refractivity contribution in [2.24, 2.45) is 0 Å². The fraction of sp³-hybridized carbons (Fsp3) is 0.467. The lowest BCUT2D eigenvalue weighted by molar-refractivity contribution is 0.348. The van der Waals surface area contributed by atoms with E-state index in [4.69, 9.17) is 0 Å². The molecule has 1 fully saturated rings. The summed E-state index contributed by atoms with van der Waals surface area (Å²) in [4.78, 5) is 2.43. The van der Waals surface area contributed by atoms with Crippen LogP contribution in [0, 0.1) is 0 Å². The molecule has 0 radical (unpaired) electrons. The predicted molar refractivity (Wildman–Crippen MR) is 80.6 cm³/mol. The van der Waals surface area contributed by atoms with Crippen molar-refractivity contribution in [2.45, 2.75) is 25.3 Å². The van der Waals surface area contributed by atoms with E-state index in [2.05, 4.69) is 46.9 Å². The Morgan fingerprint density at radius 3 is 3.11 bits per heavy atom. The normalized spacial score (nSPS) is 21.9. The van der Waals surface area contributed by atoms with E-state index < -0.39 is 0 Å². The van der Waals surface area contributed by atoms with Gasteiger partial charge in [-0.05, 0) is 74.4 Å². The minimum atomic E-state index is 0.631. The molecule has 0 saturated carbocycles. The third-order valence-electron chi connectivity index (χ3n) is 3.77. The van der Waals surface area contributed by atoms with E-state index in [1.54, 1.807) is 0 Å². The minimum absolute atomic E-state index is 0.631. The topological polar surface area (TPSA) is 15.3 Å². The molecule has 96 valence electrons. The summed E-state index contributed by atoms with van der Waals surface area (Å²) in [7, 11) is 2.22. The van der Waals surface area contributed by atoms with Gasteiger partial charge in [-0.3, -0.25) is 0 Å². The summed E-state index contributed by atoms with van der Waals surface area (Å²) in [6, 6.07) is 9.55. The van der Waals surface area contributed by atoms with E-state index in [1.165, 1.54) is 48.1 Å². The molecule has 2 heterocycles. The van der Waals surface area contributed by atoms with Gasteiger partial charge in [-0.2, -0.15) is 0 Å². The van der Waals surface area contributed by atoms with Crippen LogP contribution in [-0.4, -0.2) is 31.1 Å². The van der Waals surface area contributed by atoms with Crippen LogP contribution in [0.5, 0.6) is 0 Å². The van der Waals surface area contributed by atoms with E-state index in [0.29, 0.717) is 6.04 Å². The van der Waals surface area contributed by atoms with Crippen LogP contribution in [0.3, 0.4) is 0 Å². The highest BCUT2D eigenvalue weighted by Gasteiger charge is 2.14. The van der Waals surface area contributed by atoms with E-state index >= 15 is 0 Å². The molecule has 3 heteroatoms. The van der Waals surface area contributed by atoms with E-state index in [9.17, 15) is 0 Å². The van der Waals surface area contributed by atoms with Gasteiger partial charge in [0.2, 0.25) is 0 Å². The SMILES string of the molecule is CN1CCCC(Nc2ccc3sccc3c2)CC1. The van der Waals surface area contributed by atoms with Gasteiger partial charge in [0, 0.05) is 16.4 Å². The Bertz CT molecular complexity index is 520. The largest absolute Gasteiger partial charge is 0.382 e. The molecule has 1 aromatic carbocycles. The molecule has 3 rings (SSSR count). The Hall–Kier alpha value is -1.06. The number of benzene rings is 1. The van der Waals surface area contributed by atoms with Crippen molar-refractivity contribution < 1.29 is 0 Å². The number of rotatable bonds is 2. The molecule has 0 bridgehead atoms. The lowest BCUT2D eigenvalue weighted by Crippen LogP contribution is -2.22. The molecular weight excluding hydrogens is 240 g/mol. The smallest absolute Gasteiger partial charge is 0.0349 e. The van der Waals surface area contributed by atoms with Gasteiger partial charge in [-0.15, -0.1) is 11.3 Å². The second-order valence-corrected chi connectivity index (χ2v) is 6.20. The Labute approximate surface area is 113 Å². The summed E-state index contributed by atoms with van der Waals surface area (Å²) >= 11 is 1.81. The lowest BCUT2D eigenvalue weighted by Gasteiger charge is -2.18. The van der Waals surface area contributed by atoms with Gasteiger partial charge in [0.1, 0.15) is 0 Å². The maximum atomic E-state index is 3.70. The average molecular weight is 260 g/mol. The van der Waals surface area contributed by atoms with Crippen molar-refractivity contribution >= 4 is 27.1 Å². The molecule has 1 aliphatic heterocycles. The van der Waals surface area contributed by atoms with Crippen LogP contribution in [0.4, 0.5) is 5.69 Å². The van der Waals surface area contributed by atoms with Crippen LogP contribution in [-0.2, 0) is 0 Å². The van der Waals surface area contributed by atoms with Crippen LogP contribution in [0.15, 0.2) is 29.6 Å². The molecule has 18 heavy (non-hydrogen) atoms. The minimum Gasteiger partial charge on any atom is -0.382 e. The van der Waals surface area contributed by atoms with Crippen LogP contribution in [0.1, 0.15) is 19.3 Å². The molecular formula is C15H20N2S. The van der Waals surface area contributed by atoms with Crippen molar-refractivity contribution in [1.29, 1.82) is 0 Å². The van der Waals surface area contributed by atoms with Gasteiger partial charge >= 0.3 is 0 Å². The molecule has 2 aromatic rings. The third-order valence-corrected chi connectivity index (χ3v) is 4.67. The molecule has 1 aliphatic rings. The predicted octanol–water partition coefficient (Wildman–Crippen LogP) is 3.80. The molecule has 2 nitrogen and oxygen atoms in total. The highest BCUT2D eigenvalue weighted by molar-refractivity contribution is 7.17. The fourth-order valence-electron chi connectivity index (χ4n) is 2.68. The number of likely N-dealkylation sites (tertiary alicyclic amines) is 1. The summed E-state index contributed by atoms with van der Waals surface area (Å²) < 4.78 is 1.38. The molecule has 1 aromatic heterocycles. The molecule has 1 atom stereocenters. The van der Waals surface area contributed by atoms with E-state index in [1.807, 2.05) is 11.3 Å². The first-order chi connectivity index (χ1) is 8.81. The summed E-state index contributed by atoms with van der Waals surface area (Å²) in [5.74, 6) is 0. The Morgan fingerprint density at radius 2 is 2.17 bits per heavy atom. The quantitative estimate of drug-likeness (QED) is 0.883. The third kappa shape index (κ3) is 2.68. The molecule has 0 amide bonds. The number of thiophene rings is 1. The fourth-order valence-corrected chi connectivity index (χ4v) is 3.45. The van der Waals surface area contributed by atoms with Gasteiger partial charge in [-0.25, -0.2) is 0 Å². The molecule has 1 unspecified atom stereocenters. The van der Waals surface area contributed by atoms with Crippen LogP contribution >= 0.6 is 11.3 Å². The monoisotopic (exact) mass is 260 g/mol. The average Bonchev–Trinajstić information content (AvgIpc) is 2.74. The van der Waals surface area contributed by atoms with Crippen molar-refractivity contribution in [3.05, 3.63) is 29.6 Å². The number of nitrogens with zero attached hydrogens (tertiary/aromatic N) is 1. The molecule has 1 saturated heterocycles. The second kappa shape index (κ2) is 5.29. The lowest BCUT2D eigenvalue weighted by atomic mass is 10.1. The number of nitrogens with one attached hydrogen (secondary N) is 1. The first-order valence-corrected chi connectivity index (χ1v) is 7.61. The van der Waals surface area contributed by atoms with Crippen LogP contribution in [0.25, 0.3) is 10.1 Å². The Balaban J connectivity index is 1.71. The van der Waals surface area contributed by atoms with Gasteiger partial charge in [0.25, 0.3) is 0 Å². The molecule has 0 aliphatic carbocycles. The highest BCUT2D eigenvalue weighted by atomic mass is 32.1. The van der Waals surface area contributed by atoms with Crippen molar-refractivity contribution in [3.63, 3.8) is 0 Å². The standard InChI is InChI=1S/C15H20N2S/c1-17-8-2-3-13(6-9-17)16-14-4-5-15-12(11-14)7-10-18-15/h4-5,7,10-11,13,16H,2-3,6,8-9H2,1H3. The maximum absolute atomic E-state index is 3.70. The maximum Gasteiger partial charge on any atom is 0.0349 e. The Morgan fingerprint density at radius 1 is 1.22 bits per heavy atom. The number of anilines is 1. The summed E-state index contributed by atoms with van der Waals surface area (Å²) in [6.45, 7) is 2.44. The zero-order valence-electron chi connectivity index (χ0n) is 10.9. The second-order valence-electron chi connectivity index (χ2n) is 5.25. The number of hydrogen-bond acceptors (Lipinski definition) is 3. The first-order valence-electron chi connectivity index (χ1n) is 6.73. The van der Waals surface area contributed by atoms with Gasteiger partial charge in [0.05, 0.1) is 0 Å². The molecule has 0 spiro atoms. The van der Waals surface area contributed by atoms with Crippen molar-refractivity contribution in [1.82, 2.24) is 4.90 Å². The van der Waals surface area contributed by atoms with Crippen LogP contribution < -0.4 is 5.32 Å². The number of hydrogen-bond donors (Lipinski definition) is 1. The number of fused-ring (bicyclic) bond motifs is 1. The van der Waals surface area contributed by atoms with E-state index in [-0.39, 0.29) is 0 Å². The van der Waals surface area contributed by atoms with Crippen LogP contribution in [0.2, 0.25) is 0 Å². The van der Waals surface area contributed by atoms with Gasteiger partial charge < -0.3 is 10.2 Å². The molecule has 1 N–H and O–H groups in total. The summed E-state index contributed by atoms with van der Waals surface area (Å²) in [5, 5.41) is 7.22.